The van der Waals surface area contributed by atoms with Crippen LogP contribution in [0.15, 0.2) is 47.5 Å². The second kappa shape index (κ2) is 7.09. The largest absolute Gasteiger partial charge is 0.356 e. The van der Waals surface area contributed by atoms with E-state index >= 15 is 0 Å². The molecule has 0 atom stereocenters. The highest BCUT2D eigenvalue weighted by molar-refractivity contribution is 5.94. The Morgan fingerprint density at radius 3 is 2.70 bits per heavy atom. The van der Waals surface area contributed by atoms with Crippen LogP contribution in [0.25, 0.3) is 0 Å². The number of aromatic amines is 1. The van der Waals surface area contributed by atoms with Gasteiger partial charge in [-0.1, -0.05) is 18.2 Å². The van der Waals surface area contributed by atoms with Crippen molar-refractivity contribution in [1.29, 1.82) is 0 Å². The van der Waals surface area contributed by atoms with Crippen LogP contribution in [-0.2, 0) is 0 Å². The van der Waals surface area contributed by atoms with Gasteiger partial charge in [0.25, 0.3) is 11.5 Å². The molecule has 0 spiro atoms. The van der Waals surface area contributed by atoms with Crippen LogP contribution in [0.3, 0.4) is 0 Å². The Kier molecular flexibility index (Phi) is 4.71. The predicted octanol–water partition coefficient (Wildman–Crippen LogP) is 1.42. The molecule has 1 saturated heterocycles. The van der Waals surface area contributed by atoms with Crippen molar-refractivity contribution < 1.29 is 4.79 Å². The molecule has 23 heavy (non-hydrogen) atoms. The molecule has 1 aliphatic heterocycles. The lowest BCUT2D eigenvalue weighted by atomic mass is 9.96. The van der Waals surface area contributed by atoms with Crippen LogP contribution in [0.1, 0.15) is 23.2 Å². The minimum atomic E-state index is -0.132. The maximum Gasteiger partial charge on any atom is 0.252 e. The molecule has 1 aliphatic rings. The number of carbonyl (C=O) groups excluding carboxylic acids is 1. The van der Waals surface area contributed by atoms with Crippen LogP contribution in [-0.4, -0.2) is 35.5 Å². The number of anilines is 1. The van der Waals surface area contributed by atoms with E-state index < -0.39 is 0 Å². The molecule has 1 aromatic heterocycles. The number of hydrogen-bond donors (Lipinski definition) is 2. The number of carbonyl (C=O) groups is 1. The van der Waals surface area contributed by atoms with Gasteiger partial charge in [0.2, 0.25) is 0 Å². The monoisotopic (exact) mass is 312 g/mol. The molecule has 1 amide bonds. The van der Waals surface area contributed by atoms with Crippen molar-refractivity contribution in [3.05, 3.63) is 58.6 Å². The molecule has 6 heteroatoms. The number of amides is 1. The molecule has 120 valence electrons. The Balaban J connectivity index is 1.48. The molecular formula is C17H20N4O2. The smallest absolute Gasteiger partial charge is 0.252 e. The topological polar surface area (TPSA) is 78.1 Å². The minimum absolute atomic E-state index is 0.0238. The van der Waals surface area contributed by atoms with Crippen LogP contribution in [0.2, 0.25) is 0 Å². The lowest BCUT2D eigenvalue weighted by molar-refractivity contribution is 0.0945. The maximum atomic E-state index is 12.0. The van der Waals surface area contributed by atoms with Crippen molar-refractivity contribution in [2.75, 3.05) is 24.5 Å². The van der Waals surface area contributed by atoms with Crippen LogP contribution in [0.5, 0.6) is 0 Å². The maximum absolute atomic E-state index is 12.0. The van der Waals surface area contributed by atoms with Gasteiger partial charge >= 0.3 is 0 Å². The molecule has 0 radical (unpaired) electrons. The highest BCUT2D eigenvalue weighted by Crippen LogP contribution is 2.20. The first-order chi connectivity index (χ1) is 11.2. The number of H-pyrrole nitrogens is 1. The van der Waals surface area contributed by atoms with E-state index in [0.717, 1.165) is 31.7 Å². The van der Waals surface area contributed by atoms with Crippen molar-refractivity contribution in [2.45, 2.75) is 12.8 Å². The Bertz CT molecular complexity index is 706. The average molecular weight is 312 g/mol. The van der Waals surface area contributed by atoms with E-state index in [4.69, 9.17) is 0 Å². The molecule has 2 heterocycles. The number of nitrogens with one attached hydrogen (secondary N) is 2. The summed E-state index contributed by atoms with van der Waals surface area (Å²) in [6.45, 7) is 2.38. The SMILES string of the molecule is O=C(NCC1CCN(c2cc(=O)[nH]cn2)CC1)c1ccccc1. The van der Waals surface area contributed by atoms with E-state index in [1.54, 1.807) is 0 Å². The van der Waals surface area contributed by atoms with Gasteiger partial charge in [-0.15, -0.1) is 0 Å². The summed E-state index contributed by atoms with van der Waals surface area (Å²) in [5, 5.41) is 3.00. The molecule has 2 aromatic rings. The van der Waals surface area contributed by atoms with Gasteiger partial charge in [-0.05, 0) is 30.9 Å². The summed E-state index contributed by atoms with van der Waals surface area (Å²) >= 11 is 0. The zero-order chi connectivity index (χ0) is 16.1. The lowest BCUT2D eigenvalue weighted by Crippen LogP contribution is -2.39. The molecular weight excluding hydrogens is 292 g/mol. The zero-order valence-electron chi connectivity index (χ0n) is 12.9. The van der Waals surface area contributed by atoms with Crippen molar-refractivity contribution in [3.8, 4) is 0 Å². The molecule has 2 N–H and O–H groups in total. The van der Waals surface area contributed by atoms with E-state index in [-0.39, 0.29) is 11.5 Å². The van der Waals surface area contributed by atoms with E-state index in [9.17, 15) is 9.59 Å². The van der Waals surface area contributed by atoms with Gasteiger partial charge in [-0.3, -0.25) is 9.59 Å². The fraction of sp³-hybridized carbons (Fsp3) is 0.353. The standard InChI is InChI=1S/C17H20N4O2/c22-16-10-15(19-12-20-16)21-8-6-13(7-9-21)11-18-17(23)14-4-2-1-3-5-14/h1-5,10,12-13H,6-9,11H2,(H,18,23)(H,19,20,22). The molecule has 3 rings (SSSR count). The Morgan fingerprint density at radius 1 is 1.26 bits per heavy atom. The molecule has 1 fully saturated rings. The Hall–Kier alpha value is -2.63. The molecule has 0 bridgehead atoms. The third-order valence-electron chi connectivity index (χ3n) is 4.19. The second-order valence-electron chi connectivity index (χ2n) is 5.78. The van der Waals surface area contributed by atoms with Gasteiger partial charge in [-0.2, -0.15) is 0 Å². The number of rotatable bonds is 4. The van der Waals surface area contributed by atoms with Gasteiger partial charge in [0.05, 0.1) is 6.33 Å². The first kappa shape index (κ1) is 15.3. The van der Waals surface area contributed by atoms with Crippen molar-refractivity contribution in [2.24, 2.45) is 5.92 Å². The summed E-state index contributed by atoms with van der Waals surface area (Å²) in [6.07, 6.45) is 3.39. The number of aromatic nitrogens is 2. The second-order valence-corrected chi connectivity index (χ2v) is 5.78. The average Bonchev–Trinajstić information content (AvgIpc) is 2.61. The van der Waals surface area contributed by atoms with Gasteiger partial charge in [0.1, 0.15) is 5.82 Å². The van der Waals surface area contributed by atoms with Crippen LogP contribution in [0, 0.1) is 5.92 Å². The number of benzene rings is 1. The highest BCUT2D eigenvalue weighted by atomic mass is 16.1. The van der Waals surface area contributed by atoms with Gasteiger partial charge in [-0.25, -0.2) is 4.98 Å². The van der Waals surface area contributed by atoms with E-state index in [0.29, 0.717) is 18.0 Å². The first-order valence-electron chi connectivity index (χ1n) is 7.85. The molecule has 0 aliphatic carbocycles. The van der Waals surface area contributed by atoms with E-state index in [1.807, 2.05) is 30.3 Å². The fourth-order valence-electron chi connectivity index (χ4n) is 2.83. The summed E-state index contributed by atoms with van der Waals surface area (Å²) in [5.41, 5.74) is 0.560. The van der Waals surface area contributed by atoms with Crippen LogP contribution < -0.4 is 15.8 Å². The van der Waals surface area contributed by atoms with E-state index in [1.165, 1.54) is 12.4 Å². The highest BCUT2D eigenvalue weighted by Gasteiger charge is 2.21. The number of piperidine rings is 1. The van der Waals surface area contributed by atoms with E-state index in [2.05, 4.69) is 20.2 Å². The zero-order valence-corrected chi connectivity index (χ0v) is 12.9. The Labute approximate surface area is 134 Å². The third kappa shape index (κ3) is 3.97. The van der Waals surface area contributed by atoms with Crippen molar-refractivity contribution in [1.82, 2.24) is 15.3 Å². The number of nitrogens with zero attached hydrogens (tertiary/aromatic N) is 2. The fourth-order valence-corrected chi connectivity index (χ4v) is 2.83. The number of hydrogen-bond acceptors (Lipinski definition) is 4. The molecule has 0 saturated carbocycles. The first-order valence-corrected chi connectivity index (χ1v) is 7.85. The summed E-state index contributed by atoms with van der Waals surface area (Å²) in [6, 6.07) is 10.8. The van der Waals surface area contributed by atoms with Crippen molar-refractivity contribution >= 4 is 11.7 Å². The lowest BCUT2D eigenvalue weighted by Gasteiger charge is -2.32. The summed E-state index contributed by atoms with van der Waals surface area (Å²) in [7, 11) is 0. The predicted molar refractivity (Wildman–Crippen MR) is 88.6 cm³/mol. The molecule has 1 aromatic carbocycles. The Morgan fingerprint density at radius 2 is 2.00 bits per heavy atom. The van der Waals surface area contributed by atoms with Gasteiger partial charge in [0, 0.05) is 31.3 Å². The summed E-state index contributed by atoms with van der Waals surface area (Å²) in [5.74, 6) is 1.16. The quantitative estimate of drug-likeness (QED) is 0.895. The van der Waals surface area contributed by atoms with Crippen LogP contribution >= 0.6 is 0 Å². The summed E-state index contributed by atoms with van der Waals surface area (Å²) in [4.78, 5) is 32.2. The third-order valence-corrected chi connectivity index (χ3v) is 4.19. The molecule has 6 nitrogen and oxygen atoms in total. The molecule has 0 unspecified atom stereocenters. The summed E-state index contributed by atoms with van der Waals surface area (Å²) < 4.78 is 0. The normalized spacial score (nSPS) is 15.4. The van der Waals surface area contributed by atoms with Crippen molar-refractivity contribution in [3.63, 3.8) is 0 Å². The minimum Gasteiger partial charge on any atom is -0.356 e. The van der Waals surface area contributed by atoms with Gasteiger partial charge < -0.3 is 15.2 Å². The van der Waals surface area contributed by atoms with Gasteiger partial charge in [0.15, 0.2) is 0 Å². The van der Waals surface area contributed by atoms with Crippen LogP contribution in [0.4, 0.5) is 5.82 Å².